The molecule has 1 saturated heterocycles. The summed E-state index contributed by atoms with van der Waals surface area (Å²) < 4.78 is 5.36. The summed E-state index contributed by atoms with van der Waals surface area (Å²) in [4.78, 5) is 205. The Kier molecular flexibility index (Phi) is 39.5. The van der Waals surface area contributed by atoms with Crippen molar-refractivity contribution in [1.82, 2.24) is 63.8 Å². The molecular weight excluding hydrogens is 1270 g/mol. The number of aliphatic hydroxyl groups is 2. The Hall–Kier alpha value is -8.03. The molecule has 32 heteroatoms. The molecule has 17 N–H and O–H groups in total. The number of carboxylic acids is 1. The van der Waals surface area contributed by atoms with E-state index >= 15 is 0 Å². The summed E-state index contributed by atoms with van der Waals surface area (Å²) in [6.07, 6.45) is 1.44. The predicted molar refractivity (Wildman–Crippen MR) is 355 cm³/mol. The van der Waals surface area contributed by atoms with Gasteiger partial charge in [0.05, 0.1) is 13.2 Å². The lowest BCUT2D eigenvalue weighted by atomic mass is 9.95. The SMILES string of the molecule is CCCCCC(=O)NC(CC(C)C)C(=O)NC(CCC(=O)O)C(=O)NC(CC(C)C)C(=O)NC(C(=O)NC(CCC(N)=O)C(=O)NC(CO)C(=O)NC(C(=O)NC(C(=O)NC1COC(=O)C(CO)NC(=O)C(C(C)C)NC(=O)C(C(C)CC)NC1=O)C(C)CC)C(C)C)C(C)CC. The highest BCUT2D eigenvalue weighted by Gasteiger charge is 2.41. The maximum absolute atomic E-state index is 14.4. The number of carboxylic acid groups (broad SMARTS) is 1. The van der Waals surface area contributed by atoms with Crippen LogP contribution in [0.25, 0.3) is 0 Å². The number of nitrogens with two attached hydrogens (primary N) is 1. The highest BCUT2D eigenvalue weighted by Crippen LogP contribution is 2.17. The largest absolute Gasteiger partial charge is 0.481 e. The number of nitrogens with one attached hydrogen (secondary N) is 12. The number of primary amides is 1. The highest BCUT2D eigenvalue weighted by atomic mass is 16.5. The Bertz CT molecular complexity index is 2680. The first-order valence-corrected chi connectivity index (χ1v) is 33.9. The highest BCUT2D eigenvalue weighted by molar-refractivity contribution is 6.00. The van der Waals surface area contributed by atoms with Gasteiger partial charge in [0.1, 0.15) is 73.1 Å². The van der Waals surface area contributed by atoms with Gasteiger partial charge in [-0.1, -0.05) is 136 Å². The van der Waals surface area contributed by atoms with Gasteiger partial charge in [0.15, 0.2) is 6.04 Å². The number of hydrogen-bond donors (Lipinski definition) is 16. The molecule has 0 spiro atoms. The number of aliphatic hydroxyl groups excluding tert-OH is 2. The number of carbonyl (C=O) groups is 15. The summed E-state index contributed by atoms with van der Waals surface area (Å²) in [5, 5.41) is 60.7. The van der Waals surface area contributed by atoms with Gasteiger partial charge in [-0.05, 0) is 73.5 Å². The molecule has 552 valence electrons. The van der Waals surface area contributed by atoms with Crippen molar-refractivity contribution in [3.05, 3.63) is 0 Å². The van der Waals surface area contributed by atoms with E-state index in [1.165, 1.54) is 13.8 Å². The summed E-state index contributed by atoms with van der Waals surface area (Å²) in [6.45, 7) is 22.5. The molecule has 0 saturated carbocycles. The van der Waals surface area contributed by atoms with Crippen LogP contribution in [0, 0.1) is 41.4 Å². The Labute approximate surface area is 569 Å². The van der Waals surface area contributed by atoms with Crippen molar-refractivity contribution < 1.29 is 92.0 Å². The average molecular weight is 1380 g/mol. The van der Waals surface area contributed by atoms with Crippen LogP contribution in [0.5, 0.6) is 0 Å². The van der Waals surface area contributed by atoms with Gasteiger partial charge >= 0.3 is 11.9 Å². The zero-order valence-corrected chi connectivity index (χ0v) is 59.2. The number of rotatable bonds is 41. The number of aliphatic carboxylic acids is 1. The van der Waals surface area contributed by atoms with Gasteiger partial charge in [0.2, 0.25) is 76.8 Å². The number of hydrogen-bond acceptors (Lipinski definition) is 18. The first-order chi connectivity index (χ1) is 45.4. The molecular formula is C65H113N13O19. The molecule has 97 heavy (non-hydrogen) atoms. The second kappa shape index (κ2) is 44.0. The first-order valence-electron chi connectivity index (χ1n) is 33.9. The van der Waals surface area contributed by atoms with E-state index in [0.717, 1.165) is 12.8 Å². The molecule has 0 bridgehead atoms. The fraction of sp³-hybridized carbons (Fsp3) is 0.769. The van der Waals surface area contributed by atoms with Crippen LogP contribution in [-0.4, -0.2) is 196 Å². The van der Waals surface area contributed by atoms with Crippen molar-refractivity contribution in [3.8, 4) is 0 Å². The maximum Gasteiger partial charge on any atom is 0.331 e. The second-order valence-electron chi connectivity index (χ2n) is 26.7. The van der Waals surface area contributed by atoms with Crippen molar-refractivity contribution in [3.63, 3.8) is 0 Å². The van der Waals surface area contributed by atoms with Crippen LogP contribution in [0.15, 0.2) is 0 Å². The lowest BCUT2D eigenvalue weighted by Gasteiger charge is -2.31. The van der Waals surface area contributed by atoms with Crippen LogP contribution in [0.3, 0.4) is 0 Å². The molecule has 0 aromatic carbocycles. The summed E-state index contributed by atoms with van der Waals surface area (Å²) in [6, 6.07) is -17.8. The zero-order chi connectivity index (χ0) is 74.1. The van der Waals surface area contributed by atoms with Crippen LogP contribution < -0.4 is 69.5 Å². The molecule has 1 aliphatic rings. The van der Waals surface area contributed by atoms with Crippen molar-refractivity contribution in [2.24, 2.45) is 47.2 Å². The summed E-state index contributed by atoms with van der Waals surface area (Å²) in [5.74, 6) is -17.7. The topological polar surface area (TPSA) is 496 Å². The molecule has 1 fully saturated rings. The molecule has 13 amide bonds. The number of amides is 13. The second-order valence-corrected chi connectivity index (χ2v) is 26.7. The van der Waals surface area contributed by atoms with E-state index in [0.29, 0.717) is 12.8 Å². The van der Waals surface area contributed by atoms with E-state index in [-0.39, 0.29) is 49.8 Å². The van der Waals surface area contributed by atoms with Crippen molar-refractivity contribution in [1.29, 1.82) is 0 Å². The summed E-state index contributed by atoms with van der Waals surface area (Å²) in [7, 11) is 0. The number of esters is 1. The fourth-order valence-electron chi connectivity index (χ4n) is 10.1. The molecule has 0 radical (unpaired) electrons. The third kappa shape index (κ3) is 30.5. The van der Waals surface area contributed by atoms with Crippen molar-refractivity contribution in [2.75, 3.05) is 19.8 Å². The van der Waals surface area contributed by atoms with E-state index in [2.05, 4.69) is 63.8 Å². The Morgan fingerprint density at radius 3 is 1.43 bits per heavy atom. The minimum Gasteiger partial charge on any atom is -0.481 e. The van der Waals surface area contributed by atoms with Crippen LogP contribution in [0.2, 0.25) is 0 Å². The molecule has 15 atom stereocenters. The summed E-state index contributed by atoms with van der Waals surface area (Å²) >= 11 is 0. The fourth-order valence-corrected chi connectivity index (χ4v) is 10.1. The van der Waals surface area contributed by atoms with E-state index < -0.39 is 230 Å². The molecule has 1 rings (SSSR count). The number of ether oxygens (including phenoxy) is 1. The van der Waals surface area contributed by atoms with Crippen LogP contribution >= 0.6 is 0 Å². The molecule has 0 aliphatic carbocycles. The molecule has 0 aromatic rings. The van der Waals surface area contributed by atoms with E-state index in [9.17, 15) is 87.2 Å². The normalized spacial score (nSPS) is 19.6. The first kappa shape index (κ1) is 87.0. The van der Waals surface area contributed by atoms with Gasteiger partial charge in [-0.15, -0.1) is 0 Å². The number of cyclic esters (lactones) is 1. The quantitative estimate of drug-likeness (QED) is 0.0247. The molecule has 15 unspecified atom stereocenters. The van der Waals surface area contributed by atoms with E-state index in [1.54, 1.807) is 69.2 Å². The van der Waals surface area contributed by atoms with Crippen LogP contribution in [0.4, 0.5) is 0 Å². The minimum absolute atomic E-state index is 0.0306. The lowest BCUT2D eigenvalue weighted by Crippen LogP contribution is -2.63. The lowest BCUT2D eigenvalue weighted by molar-refractivity contribution is -0.151. The predicted octanol–water partition coefficient (Wildman–Crippen LogP) is -1.40. The van der Waals surface area contributed by atoms with Crippen LogP contribution in [0.1, 0.15) is 187 Å². The standard InChI is InChI=1S/C65H113N13O19/c1-16-20-21-22-47(82)67-41(27-32(5)6)56(87)68-40(24-26-48(83)84)54(85)70-42(28-33(7)8)57(88)76-51(36(13)17-2)62(93)69-39(23-25-46(66)81)55(86)71-43(29-79)58(89)74-50(35(11)12)61(92)78-52(37(14)18-3)63(94)73-45-31-97-65(96)44(30-80)72-60(91)49(34(9)10)75-64(95)53(38(15)19-4)77-59(45)90/h32-45,49-53,79-80H,16-31H2,1-15H3,(H2,66,81)(H,67,82)(H,68,87)(H,69,93)(H,70,85)(H,71,86)(H,72,91)(H,73,94)(H,74,89)(H,75,95)(H,76,88)(H,77,90)(H,78,92)(H,83,84). The Morgan fingerprint density at radius 1 is 0.505 bits per heavy atom. The van der Waals surface area contributed by atoms with E-state index in [4.69, 9.17) is 10.5 Å². The number of carbonyl (C=O) groups excluding carboxylic acids is 14. The third-order valence-corrected chi connectivity index (χ3v) is 16.8. The van der Waals surface area contributed by atoms with Gasteiger partial charge in [0, 0.05) is 19.3 Å². The zero-order valence-electron chi connectivity index (χ0n) is 59.2. The van der Waals surface area contributed by atoms with Gasteiger partial charge < -0.3 is 89.6 Å². The van der Waals surface area contributed by atoms with Gasteiger partial charge in [-0.2, -0.15) is 0 Å². The van der Waals surface area contributed by atoms with Gasteiger partial charge in [-0.3, -0.25) is 67.1 Å². The maximum atomic E-state index is 14.4. The summed E-state index contributed by atoms with van der Waals surface area (Å²) in [5.41, 5.74) is 5.47. The molecule has 1 aliphatic heterocycles. The van der Waals surface area contributed by atoms with Gasteiger partial charge in [0.25, 0.3) is 0 Å². The molecule has 32 nitrogen and oxygen atoms in total. The van der Waals surface area contributed by atoms with Gasteiger partial charge in [-0.25, -0.2) is 4.79 Å². The minimum atomic E-state index is -1.85. The van der Waals surface area contributed by atoms with Crippen LogP contribution in [-0.2, 0) is 76.7 Å². The number of unbranched alkanes of at least 4 members (excludes halogenated alkanes) is 2. The van der Waals surface area contributed by atoms with Crippen molar-refractivity contribution in [2.45, 2.75) is 260 Å². The van der Waals surface area contributed by atoms with Crippen molar-refractivity contribution >= 4 is 88.7 Å². The smallest absolute Gasteiger partial charge is 0.331 e. The third-order valence-electron chi connectivity index (χ3n) is 16.8. The average Bonchev–Trinajstić information content (AvgIpc) is 1.73. The Balaban J connectivity index is 3.59. The molecule has 1 heterocycles. The Morgan fingerprint density at radius 2 is 0.948 bits per heavy atom. The molecule has 0 aromatic heterocycles. The van der Waals surface area contributed by atoms with E-state index in [1.807, 2.05) is 20.8 Å². The monoisotopic (exact) mass is 1380 g/mol.